The molecule has 3 heterocycles. The number of rotatable bonds is 10. The molecule has 0 bridgehead atoms. The number of ether oxygens (including phenoxy) is 2. The summed E-state index contributed by atoms with van der Waals surface area (Å²) in [5.74, 6) is 5.45. The second-order valence-corrected chi connectivity index (χ2v) is 13.4. The molecule has 0 atom stereocenters. The van der Waals surface area contributed by atoms with Crippen molar-refractivity contribution in [3.63, 3.8) is 0 Å². The van der Waals surface area contributed by atoms with Gasteiger partial charge in [0.2, 0.25) is 5.88 Å². The van der Waals surface area contributed by atoms with Crippen LogP contribution in [0.1, 0.15) is 38.3 Å². The van der Waals surface area contributed by atoms with Crippen molar-refractivity contribution in [2.75, 3.05) is 44.0 Å². The summed E-state index contributed by atoms with van der Waals surface area (Å²) >= 11 is 2.77. The van der Waals surface area contributed by atoms with Crippen molar-refractivity contribution < 1.29 is 28.6 Å². The maximum atomic E-state index is 14.5. The maximum absolute atomic E-state index is 14.5. The number of nitrogens with one attached hydrogen (secondary N) is 1. The Labute approximate surface area is 284 Å². The largest absolute Gasteiger partial charge is 0.512 e. The van der Waals surface area contributed by atoms with Gasteiger partial charge in [0.05, 0.1) is 33.8 Å². The zero-order valence-electron chi connectivity index (χ0n) is 26.3. The van der Waals surface area contributed by atoms with Gasteiger partial charge in [-0.2, -0.15) is 4.98 Å². The highest BCUT2D eigenvalue weighted by molar-refractivity contribution is 7.22. The average Bonchev–Trinajstić information content (AvgIpc) is 3.66. The van der Waals surface area contributed by atoms with Crippen molar-refractivity contribution in [1.29, 1.82) is 0 Å². The van der Waals surface area contributed by atoms with Crippen LogP contribution < -0.4 is 19.7 Å². The zero-order chi connectivity index (χ0) is 33.6. The summed E-state index contributed by atoms with van der Waals surface area (Å²) in [7, 11) is 3.78. The van der Waals surface area contributed by atoms with E-state index < -0.39 is 12.0 Å². The van der Waals surface area contributed by atoms with Crippen molar-refractivity contribution in [2.45, 2.75) is 25.8 Å². The van der Waals surface area contributed by atoms with Crippen molar-refractivity contribution in [2.24, 2.45) is 0 Å². The number of carbonyl (C=O) groups is 2. The monoisotopic (exact) mass is 685 g/mol. The number of carbonyl (C=O) groups excluding carboxylic acids is 1. The quantitative estimate of drug-likeness (QED) is 0.0943. The molecule has 0 spiro atoms. The number of anilines is 2. The number of hydrogen-bond donors (Lipinski definition) is 2. The number of carboxylic acid groups (broad SMARTS) is 1. The van der Waals surface area contributed by atoms with Gasteiger partial charge in [-0.25, -0.2) is 14.2 Å². The van der Waals surface area contributed by atoms with Crippen LogP contribution in [0.4, 0.5) is 19.4 Å². The Morgan fingerprint density at radius 1 is 1.10 bits per heavy atom. The molecule has 10 nitrogen and oxygen atoms in total. The molecule has 1 aliphatic rings. The fraction of sp³-hybridized carbons (Fsp3) is 0.257. The fourth-order valence-corrected chi connectivity index (χ4v) is 7.15. The van der Waals surface area contributed by atoms with Crippen LogP contribution in [0.25, 0.3) is 10.2 Å². The predicted molar refractivity (Wildman–Crippen MR) is 185 cm³/mol. The van der Waals surface area contributed by atoms with Crippen LogP contribution in [-0.4, -0.2) is 65.8 Å². The molecule has 5 aromatic rings. The molecule has 0 saturated heterocycles. The van der Waals surface area contributed by atoms with E-state index in [1.807, 2.05) is 60.3 Å². The Bertz CT molecular complexity index is 2000. The van der Waals surface area contributed by atoms with E-state index in [4.69, 9.17) is 9.47 Å². The normalized spacial score (nSPS) is 12.4. The molecule has 246 valence electrons. The molecule has 1 amide bonds. The molecule has 6 rings (SSSR count). The van der Waals surface area contributed by atoms with E-state index in [1.165, 1.54) is 28.7 Å². The minimum Gasteiger partial charge on any atom is -0.493 e. The molecule has 0 saturated carbocycles. The number of aromatic nitrogens is 2. The van der Waals surface area contributed by atoms with Crippen molar-refractivity contribution in [3.8, 4) is 23.5 Å². The molecule has 3 aromatic carbocycles. The Morgan fingerprint density at radius 3 is 2.75 bits per heavy atom. The van der Waals surface area contributed by atoms with Gasteiger partial charge in [0, 0.05) is 24.7 Å². The van der Waals surface area contributed by atoms with Crippen molar-refractivity contribution in [1.82, 2.24) is 14.9 Å². The number of halogens is 1. The topological polar surface area (TPSA) is 117 Å². The summed E-state index contributed by atoms with van der Waals surface area (Å²) in [5, 5.41) is 13.4. The van der Waals surface area contributed by atoms with Crippen LogP contribution in [0.3, 0.4) is 0 Å². The first-order valence-corrected chi connectivity index (χ1v) is 16.9. The number of aryl methyl sites for hydroxylation is 1. The minimum absolute atomic E-state index is 0.0295. The van der Waals surface area contributed by atoms with Gasteiger partial charge in [0.15, 0.2) is 10.3 Å². The average molecular weight is 686 g/mol. The summed E-state index contributed by atoms with van der Waals surface area (Å²) in [6.45, 7) is 1.86. The molecule has 2 aromatic heterocycles. The van der Waals surface area contributed by atoms with Crippen LogP contribution in [0, 0.1) is 17.7 Å². The molecule has 13 heteroatoms. The Morgan fingerprint density at radius 2 is 1.96 bits per heavy atom. The zero-order valence-corrected chi connectivity index (χ0v) is 27.9. The van der Waals surface area contributed by atoms with E-state index >= 15 is 0 Å². The minimum atomic E-state index is -1.45. The Balaban J connectivity index is 1.11. The highest BCUT2D eigenvalue weighted by Crippen LogP contribution is 2.36. The van der Waals surface area contributed by atoms with E-state index in [1.54, 1.807) is 18.2 Å². The van der Waals surface area contributed by atoms with Gasteiger partial charge in [-0.15, -0.1) is 0 Å². The van der Waals surface area contributed by atoms with Gasteiger partial charge in [0.1, 0.15) is 11.6 Å². The molecule has 0 unspecified atom stereocenters. The first-order chi connectivity index (χ1) is 23.2. The third kappa shape index (κ3) is 7.91. The fourth-order valence-electron chi connectivity index (χ4n) is 5.23. The summed E-state index contributed by atoms with van der Waals surface area (Å²) in [5.41, 5.74) is 3.64. The Hall–Kier alpha value is -5.03. The number of benzene rings is 3. The van der Waals surface area contributed by atoms with Crippen LogP contribution in [0.5, 0.6) is 11.6 Å². The van der Waals surface area contributed by atoms with E-state index in [9.17, 15) is 19.1 Å². The van der Waals surface area contributed by atoms with Crippen molar-refractivity contribution >= 4 is 55.2 Å². The molecule has 1 aliphatic heterocycles. The summed E-state index contributed by atoms with van der Waals surface area (Å²) in [6.07, 6.45) is 0.192. The third-order valence-electron chi connectivity index (χ3n) is 7.51. The number of amides is 1. The van der Waals surface area contributed by atoms with Gasteiger partial charge in [-0.3, -0.25) is 15.0 Å². The second-order valence-electron chi connectivity index (χ2n) is 11.3. The number of nitrogens with zero attached hydrogens (tertiary/aromatic N) is 4. The number of thiazole rings is 2. The van der Waals surface area contributed by atoms with Crippen molar-refractivity contribution in [3.05, 3.63) is 93.6 Å². The second kappa shape index (κ2) is 14.8. The standard InChI is InChI=1S/C35H32FN5O5S2/c1-40(2)17-6-9-23-14-15-24(20-27(23)36)45-19-7-13-30-32(46-35(43)44)39-34(48-30)41-18-16-22-8-5-10-25(26(22)21-41)31(42)38-33-37-28-11-3-4-12-29(28)47-33/h3-5,8,10-12,14-15,20H,7,13,16-19,21H2,1-2H3,(H,43,44)(H,37,38,42). The lowest BCUT2D eigenvalue weighted by Crippen LogP contribution is -2.32. The van der Waals surface area contributed by atoms with E-state index in [2.05, 4.69) is 27.1 Å². The first kappa shape index (κ1) is 32.9. The van der Waals surface area contributed by atoms with Gasteiger partial charge < -0.3 is 19.5 Å². The van der Waals surface area contributed by atoms with E-state index in [-0.39, 0.29) is 18.4 Å². The van der Waals surface area contributed by atoms with Gasteiger partial charge >= 0.3 is 6.16 Å². The lowest BCUT2D eigenvalue weighted by Gasteiger charge is -2.29. The van der Waals surface area contributed by atoms with Crippen LogP contribution in [0.2, 0.25) is 0 Å². The lowest BCUT2D eigenvalue weighted by molar-refractivity contribution is 0.102. The van der Waals surface area contributed by atoms with E-state index in [0.29, 0.717) is 70.9 Å². The molecule has 2 N–H and O–H groups in total. The van der Waals surface area contributed by atoms with Crippen LogP contribution in [0.15, 0.2) is 60.7 Å². The number of hydrogen-bond acceptors (Lipinski definition) is 10. The Kier molecular flexibility index (Phi) is 10.1. The molecular formula is C35H32FN5O5S2. The third-order valence-corrected chi connectivity index (χ3v) is 9.62. The molecule has 0 fully saturated rings. The highest BCUT2D eigenvalue weighted by atomic mass is 32.1. The van der Waals surface area contributed by atoms with Gasteiger partial charge in [-0.1, -0.05) is 58.8 Å². The lowest BCUT2D eigenvalue weighted by atomic mass is 9.94. The molecule has 0 aliphatic carbocycles. The van der Waals surface area contributed by atoms with E-state index in [0.717, 1.165) is 21.3 Å². The van der Waals surface area contributed by atoms with Gasteiger partial charge in [0.25, 0.3) is 5.91 Å². The number of para-hydroxylation sites is 1. The molecule has 48 heavy (non-hydrogen) atoms. The maximum Gasteiger partial charge on any atom is 0.512 e. The molecular weight excluding hydrogens is 654 g/mol. The highest BCUT2D eigenvalue weighted by Gasteiger charge is 2.26. The van der Waals surface area contributed by atoms with Crippen LogP contribution in [-0.2, 0) is 19.4 Å². The van der Waals surface area contributed by atoms with Crippen LogP contribution >= 0.6 is 22.7 Å². The molecule has 0 radical (unpaired) electrons. The first-order valence-electron chi connectivity index (χ1n) is 15.2. The number of fused-ring (bicyclic) bond motifs is 2. The SMILES string of the molecule is CN(C)CC#Cc1ccc(OCCCc2sc(N3CCc4cccc(C(=O)Nc5nc6ccccc6s5)c4C3)nc2OC(=O)O)cc1F. The summed E-state index contributed by atoms with van der Waals surface area (Å²) in [6, 6.07) is 18.0. The summed E-state index contributed by atoms with van der Waals surface area (Å²) in [4.78, 5) is 38.6. The summed E-state index contributed by atoms with van der Waals surface area (Å²) < 4.78 is 26.3. The van der Waals surface area contributed by atoms with Gasteiger partial charge in [-0.05, 0) is 74.8 Å². The smallest absolute Gasteiger partial charge is 0.493 e. The predicted octanol–water partition coefficient (Wildman–Crippen LogP) is 6.69.